The lowest BCUT2D eigenvalue weighted by molar-refractivity contribution is -0.114. The zero-order valence-corrected chi connectivity index (χ0v) is 15.0. The summed E-state index contributed by atoms with van der Waals surface area (Å²) in [5.41, 5.74) is 0.934. The van der Waals surface area contributed by atoms with E-state index in [-0.39, 0.29) is 5.78 Å². The van der Waals surface area contributed by atoms with Crippen LogP contribution >= 0.6 is 0 Å². The highest BCUT2D eigenvalue weighted by molar-refractivity contribution is 5.93. The molecular formula is C19H28N2O3. The van der Waals surface area contributed by atoms with Gasteiger partial charge in [0.15, 0.2) is 17.3 Å². The third-order valence-corrected chi connectivity index (χ3v) is 4.22. The Balaban J connectivity index is 1.84. The lowest BCUT2D eigenvalue weighted by Gasteiger charge is -2.32. The van der Waals surface area contributed by atoms with E-state index in [9.17, 15) is 4.79 Å². The summed E-state index contributed by atoms with van der Waals surface area (Å²) >= 11 is 0. The van der Waals surface area contributed by atoms with Gasteiger partial charge in [-0.25, -0.2) is 0 Å². The van der Waals surface area contributed by atoms with Crippen LogP contribution in [0.1, 0.15) is 18.9 Å². The summed E-state index contributed by atoms with van der Waals surface area (Å²) in [5, 5.41) is 0. The summed E-state index contributed by atoms with van der Waals surface area (Å²) in [6.45, 7) is 7.62. The Morgan fingerprint density at radius 2 is 1.96 bits per heavy atom. The SMILES string of the molecule is CCOc1ccc(C=CC(=O)CCN2CCN(C)CC2)cc1OC. The van der Waals surface area contributed by atoms with Crippen LogP contribution in [-0.4, -0.2) is 69.1 Å². The number of allylic oxidation sites excluding steroid dienone is 1. The summed E-state index contributed by atoms with van der Waals surface area (Å²) in [4.78, 5) is 16.7. The van der Waals surface area contributed by atoms with Crippen molar-refractivity contribution in [1.29, 1.82) is 0 Å². The van der Waals surface area contributed by atoms with E-state index in [1.54, 1.807) is 13.2 Å². The lowest BCUT2D eigenvalue weighted by Crippen LogP contribution is -2.44. The molecule has 132 valence electrons. The number of carbonyl (C=O) groups is 1. The molecule has 0 bridgehead atoms. The van der Waals surface area contributed by atoms with Crippen LogP contribution in [0.5, 0.6) is 11.5 Å². The number of hydrogen-bond acceptors (Lipinski definition) is 5. The van der Waals surface area contributed by atoms with E-state index >= 15 is 0 Å². The van der Waals surface area contributed by atoms with Crippen LogP contribution in [0.4, 0.5) is 0 Å². The zero-order chi connectivity index (χ0) is 17.4. The predicted molar refractivity (Wildman–Crippen MR) is 96.8 cm³/mol. The normalized spacial score (nSPS) is 16.5. The summed E-state index contributed by atoms with van der Waals surface area (Å²) in [6.07, 6.45) is 4.06. The molecule has 0 N–H and O–H groups in total. The monoisotopic (exact) mass is 332 g/mol. The van der Waals surface area contributed by atoms with Crippen LogP contribution < -0.4 is 9.47 Å². The fourth-order valence-electron chi connectivity index (χ4n) is 2.67. The number of benzene rings is 1. The van der Waals surface area contributed by atoms with Crippen molar-refractivity contribution in [2.24, 2.45) is 0 Å². The maximum absolute atomic E-state index is 12.1. The molecule has 2 rings (SSSR count). The molecule has 5 nitrogen and oxygen atoms in total. The molecule has 0 saturated carbocycles. The minimum atomic E-state index is 0.154. The van der Waals surface area contributed by atoms with Gasteiger partial charge in [-0.05, 0) is 37.7 Å². The van der Waals surface area contributed by atoms with Crippen molar-refractivity contribution in [1.82, 2.24) is 9.80 Å². The highest BCUT2D eigenvalue weighted by atomic mass is 16.5. The van der Waals surface area contributed by atoms with Gasteiger partial charge in [0.1, 0.15) is 0 Å². The molecule has 5 heteroatoms. The van der Waals surface area contributed by atoms with Crippen molar-refractivity contribution < 1.29 is 14.3 Å². The third kappa shape index (κ3) is 5.65. The molecule has 0 aliphatic carbocycles. The van der Waals surface area contributed by atoms with E-state index in [0.717, 1.165) is 44.0 Å². The van der Waals surface area contributed by atoms with Crippen LogP contribution in [0.15, 0.2) is 24.3 Å². The Kier molecular flexibility index (Phi) is 7.28. The number of rotatable bonds is 8. The van der Waals surface area contributed by atoms with E-state index in [1.807, 2.05) is 31.2 Å². The molecule has 1 heterocycles. The van der Waals surface area contributed by atoms with Crippen molar-refractivity contribution in [2.75, 3.05) is 53.5 Å². The number of ketones is 1. The summed E-state index contributed by atoms with van der Waals surface area (Å²) in [5.74, 6) is 1.56. The van der Waals surface area contributed by atoms with Gasteiger partial charge < -0.3 is 19.3 Å². The van der Waals surface area contributed by atoms with Crippen LogP contribution in [0.3, 0.4) is 0 Å². The first-order valence-corrected chi connectivity index (χ1v) is 8.55. The molecule has 0 spiro atoms. The van der Waals surface area contributed by atoms with Crippen LogP contribution in [0.25, 0.3) is 6.08 Å². The molecule has 0 unspecified atom stereocenters. The minimum Gasteiger partial charge on any atom is -0.493 e. The van der Waals surface area contributed by atoms with E-state index in [0.29, 0.717) is 18.8 Å². The van der Waals surface area contributed by atoms with Crippen LogP contribution in [0, 0.1) is 0 Å². The molecule has 1 aromatic carbocycles. The van der Waals surface area contributed by atoms with Gasteiger partial charge in [-0.3, -0.25) is 4.79 Å². The van der Waals surface area contributed by atoms with Crippen molar-refractivity contribution in [2.45, 2.75) is 13.3 Å². The Morgan fingerprint density at radius 3 is 2.62 bits per heavy atom. The Morgan fingerprint density at radius 1 is 1.21 bits per heavy atom. The Bertz CT molecular complexity index is 564. The molecular weight excluding hydrogens is 304 g/mol. The molecule has 0 aromatic heterocycles. The molecule has 0 atom stereocenters. The highest BCUT2D eigenvalue weighted by Crippen LogP contribution is 2.28. The fraction of sp³-hybridized carbons (Fsp3) is 0.526. The summed E-state index contributed by atoms with van der Waals surface area (Å²) < 4.78 is 10.8. The predicted octanol–water partition coefficient (Wildman–Crippen LogP) is 2.31. The van der Waals surface area contributed by atoms with Gasteiger partial charge in [-0.2, -0.15) is 0 Å². The van der Waals surface area contributed by atoms with Crippen molar-refractivity contribution in [3.05, 3.63) is 29.8 Å². The van der Waals surface area contributed by atoms with Crippen molar-refractivity contribution in [3.63, 3.8) is 0 Å². The highest BCUT2D eigenvalue weighted by Gasteiger charge is 2.13. The average Bonchev–Trinajstić information content (AvgIpc) is 2.60. The smallest absolute Gasteiger partial charge is 0.161 e. The van der Waals surface area contributed by atoms with Crippen LogP contribution in [0.2, 0.25) is 0 Å². The molecule has 1 saturated heterocycles. The largest absolute Gasteiger partial charge is 0.493 e. The molecule has 1 aliphatic rings. The minimum absolute atomic E-state index is 0.154. The van der Waals surface area contributed by atoms with Crippen molar-refractivity contribution in [3.8, 4) is 11.5 Å². The Labute approximate surface area is 144 Å². The molecule has 0 amide bonds. The van der Waals surface area contributed by atoms with Gasteiger partial charge in [0, 0.05) is 39.1 Å². The Hall–Kier alpha value is -1.85. The van der Waals surface area contributed by atoms with Gasteiger partial charge in [-0.1, -0.05) is 12.1 Å². The molecule has 1 aliphatic heterocycles. The zero-order valence-electron chi connectivity index (χ0n) is 15.0. The van der Waals surface area contributed by atoms with E-state index in [2.05, 4.69) is 16.8 Å². The molecule has 0 radical (unpaired) electrons. The standard InChI is InChI=1S/C19H28N2O3/c1-4-24-18-8-6-16(15-19(18)23-3)5-7-17(22)9-10-21-13-11-20(2)12-14-21/h5-8,15H,4,9-14H2,1-3H3. The number of methoxy groups -OCH3 is 1. The summed E-state index contributed by atoms with van der Waals surface area (Å²) in [7, 11) is 3.75. The third-order valence-electron chi connectivity index (χ3n) is 4.22. The second kappa shape index (κ2) is 9.45. The lowest BCUT2D eigenvalue weighted by atomic mass is 10.1. The maximum Gasteiger partial charge on any atom is 0.161 e. The number of carbonyl (C=O) groups excluding carboxylic acids is 1. The number of nitrogens with zero attached hydrogens (tertiary/aromatic N) is 2. The van der Waals surface area contributed by atoms with E-state index < -0.39 is 0 Å². The van der Waals surface area contributed by atoms with E-state index in [4.69, 9.17) is 9.47 Å². The van der Waals surface area contributed by atoms with Gasteiger partial charge in [-0.15, -0.1) is 0 Å². The van der Waals surface area contributed by atoms with Crippen molar-refractivity contribution >= 4 is 11.9 Å². The first-order valence-electron chi connectivity index (χ1n) is 8.55. The number of ether oxygens (including phenoxy) is 2. The van der Waals surface area contributed by atoms with Crippen LogP contribution in [-0.2, 0) is 4.79 Å². The number of likely N-dealkylation sites (N-methyl/N-ethyl adjacent to an activating group) is 1. The van der Waals surface area contributed by atoms with Gasteiger partial charge in [0.05, 0.1) is 13.7 Å². The molecule has 24 heavy (non-hydrogen) atoms. The number of piperazine rings is 1. The fourth-order valence-corrected chi connectivity index (χ4v) is 2.67. The second-order valence-corrected chi connectivity index (χ2v) is 6.04. The molecule has 1 fully saturated rings. The quantitative estimate of drug-likeness (QED) is 0.684. The van der Waals surface area contributed by atoms with Gasteiger partial charge in [0.2, 0.25) is 0 Å². The molecule has 1 aromatic rings. The first-order chi connectivity index (χ1) is 11.6. The number of hydrogen-bond donors (Lipinski definition) is 0. The summed E-state index contributed by atoms with van der Waals surface area (Å²) in [6, 6.07) is 5.68. The average molecular weight is 332 g/mol. The topological polar surface area (TPSA) is 42.0 Å². The van der Waals surface area contributed by atoms with Gasteiger partial charge >= 0.3 is 0 Å². The van der Waals surface area contributed by atoms with Gasteiger partial charge in [0.25, 0.3) is 0 Å². The first kappa shape index (κ1) is 18.5. The maximum atomic E-state index is 12.1. The second-order valence-electron chi connectivity index (χ2n) is 6.04. The van der Waals surface area contributed by atoms with E-state index in [1.165, 1.54) is 0 Å².